The summed E-state index contributed by atoms with van der Waals surface area (Å²) in [7, 11) is 1.59. The zero-order valence-corrected chi connectivity index (χ0v) is 12.7. The molecule has 0 aliphatic carbocycles. The van der Waals surface area contributed by atoms with E-state index in [0.717, 1.165) is 5.56 Å². The highest BCUT2D eigenvalue weighted by Gasteiger charge is 2.15. The summed E-state index contributed by atoms with van der Waals surface area (Å²) in [6.07, 6.45) is 1.25. The number of hydrogen-bond donors (Lipinski definition) is 1. The summed E-state index contributed by atoms with van der Waals surface area (Å²) in [5.41, 5.74) is 1.22. The van der Waals surface area contributed by atoms with Gasteiger partial charge >= 0.3 is 0 Å². The van der Waals surface area contributed by atoms with Gasteiger partial charge < -0.3 is 14.6 Å². The molecule has 0 saturated carbocycles. The molecular weight excluding hydrogens is 284 g/mol. The first-order valence-electron chi connectivity index (χ1n) is 6.89. The molecule has 22 heavy (non-hydrogen) atoms. The largest absolute Gasteiger partial charge is 0.423 e. The Bertz CT molecular complexity index is 635. The van der Waals surface area contributed by atoms with Crippen LogP contribution >= 0.6 is 0 Å². The summed E-state index contributed by atoms with van der Waals surface area (Å²) < 4.78 is 5.09. The number of benzene rings is 1. The van der Waals surface area contributed by atoms with Crippen molar-refractivity contribution in [3.8, 4) is 11.5 Å². The third-order valence-electron chi connectivity index (χ3n) is 2.92. The number of hydrogen-bond acceptors (Lipinski definition) is 5. The molecule has 2 aromatic rings. The van der Waals surface area contributed by atoms with Crippen LogP contribution in [0.4, 0.5) is 0 Å². The van der Waals surface area contributed by atoms with E-state index in [1.165, 1.54) is 11.3 Å². The van der Waals surface area contributed by atoms with Crippen LogP contribution in [0.15, 0.2) is 35.1 Å². The Labute approximate surface area is 128 Å². The van der Waals surface area contributed by atoms with Gasteiger partial charge in [-0.15, -0.1) is 10.2 Å². The number of aromatic nitrogens is 2. The highest BCUT2D eigenvalue weighted by Crippen LogP contribution is 2.17. The maximum atomic E-state index is 12.3. The third-order valence-corrected chi connectivity index (χ3v) is 2.92. The molecule has 0 radical (unpaired) electrons. The molecule has 0 fully saturated rings. The van der Waals surface area contributed by atoms with Crippen LogP contribution in [0.2, 0.25) is 0 Å². The fourth-order valence-electron chi connectivity index (χ4n) is 1.93. The summed E-state index contributed by atoms with van der Waals surface area (Å²) in [5, 5.41) is 10.1. The van der Waals surface area contributed by atoms with Crippen LogP contribution in [0.1, 0.15) is 24.2 Å². The van der Waals surface area contributed by atoms with Crippen molar-refractivity contribution < 1.29 is 14.0 Å². The lowest BCUT2D eigenvalue weighted by Crippen LogP contribution is -2.40. The van der Waals surface area contributed by atoms with Crippen molar-refractivity contribution in [2.75, 3.05) is 13.6 Å². The average Bonchev–Trinajstić information content (AvgIpc) is 2.99. The molecule has 0 atom stereocenters. The Morgan fingerprint density at radius 3 is 2.50 bits per heavy atom. The first-order valence-corrected chi connectivity index (χ1v) is 6.89. The first kappa shape index (κ1) is 15.7. The minimum absolute atomic E-state index is 0.0163. The second-order valence-corrected chi connectivity index (χ2v) is 5.20. The van der Waals surface area contributed by atoms with Gasteiger partial charge in [0.1, 0.15) is 0 Å². The molecule has 7 heteroatoms. The van der Waals surface area contributed by atoms with E-state index in [0.29, 0.717) is 11.5 Å². The van der Waals surface area contributed by atoms with Gasteiger partial charge in [-0.1, -0.05) is 0 Å². The number of carbonyl (C=O) groups is 2. The Hall–Kier alpha value is -2.70. The van der Waals surface area contributed by atoms with E-state index in [9.17, 15) is 9.59 Å². The second-order valence-electron chi connectivity index (χ2n) is 5.20. The van der Waals surface area contributed by atoms with Gasteiger partial charge in [-0.3, -0.25) is 9.59 Å². The Morgan fingerprint density at radius 2 is 1.95 bits per heavy atom. The number of carbonyl (C=O) groups excluding carboxylic acids is 2. The van der Waals surface area contributed by atoms with Crippen molar-refractivity contribution in [1.82, 2.24) is 20.4 Å². The van der Waals surface area contributed by atoms with E-state index in [1.807, 2.05) is 13.8 Å². The molecule has 0 bridgehead atoms. The van der Waals surface area contributed by atoms with Crippen molar-refractivity contribution in [2.24, 2.45) is 0 Å². The van der Waals surface area contributed by atoms with Crippen LogP contribution < -0.4 is 5.32 Å². The Kier molecular flexibility index (Phi) is 4.88. The molecule has 1 N–H and O–H groups in total. The van der Waals surface area contributed by atoms with Crippen molar-refractivity contribution in [2.45, 2.75) is 19.9 Å². The summed E-state index contributed by atoms with van der Waals surface area (Å²) in [6.45, 7) is 3.76. The fraction of sp³-hybridized carbons (Fsp3) is 0.333. The highest BCUT2D eigenvalue weighted by atomic mass is 16.4. The molecule has 0 spiro atoms. The summed E-state index contributed by atoms with van der Waals surface area (Å²) in [4.78, 5) is 25.3. The van der Waals surface area contributed by atoms with Crippen LogP contribution in [0.25, 0.3) is 11.5 Å². The van der Waals surface area contributed by atoms with Crippen LogP contribution in [0.5, 0.6) is 0 Å². The monoisotopic (exact) mass is 302 g/mol. The zero-order valence-electron chi connectivity index (χ0n) is 12.7. The smallest absolute Gasteiger partial charge is 0.254 e. The standard InChI is InChI=1S/C15H18N4O3/c1-10(2)17-13(20)8-19(3)15(21)12-6-4-11(5-7-12)14-18-16-9-22-14/h4-7,9-10H,8H2,1-3H3,(H,17,20). The number of nitrogens with one attached hydrogen (secondary N) is 1. The number of rotatable bonds is 5. The topological polar surface area (TPSA) is 88.3 Å². The van der Waals surface area contributed by atoms with Gasteiger partial charge in [0, 0.05) is 24.2 Å². The van der Waals surface area contributed by atoms with Gasteiger partial charge in [-0.25, -0.2) is 0 Å². The Balaban J connectivity index is 2.01. The molecule has 2 rings (SSSR count). The first-order chi connectivity index (χ1) is 10.5. The van der Waals surface area contributed by atoms with E-state index in [2.05, 4.69) is 15.5 Å². The molecule has 116 valence electrons. The lowest BCUT2D eigenvalue weighted by Gasteiger charge is -2.18. The molecule has 1 aromatic carbocycles. The van der Waals surface area contributed by atoms with Crippen molar-refractivity contribution in [1.29, 1.82) is 0 Å². The minimum Gasteiger partial charge on any atom is -0.423 e. The fourth-order valence-corrected chi connectivity index (χ4v) is 1.93. The van der Waals surface area contributed by atoms with E-state index in [-0.39, 0.29) is 24.4 Å². The molecular formula is C15H18N4O3. The van der Waals surface area contributed by atoms with Gasteiger partial charge in [-0.05, 0) is 38.1 Å². The predicted molar refractivity (Wildman–Crippen MR) is 80.0 cm³/mol. The SMILES string of the molecule is CC(C)NC(=O)CN(C)C(=O)c1ccc(-c2nnco2)cc1. The summed E-state index contributed by atoms with van der Waals surface area (Å²) in [6, 6.07) is 6.83. The van der Waals surface area contributed by atoms with Crippen LogP contribution in [0.3, 0.4) is 0 Å². The second kappa shape index (κ2) is 6.84. The van der Waals surface area contributed by atoms with Gasteiger partial charge in [-0.2, -0.15) is 0 Å². The van der Waals surface area contributed by atoms with Crippen molar-refractivity contribution >= 4 is 11.8 Å². The summed E-state index contributed by atoms with van der Waals surface area (Å²) in [5.74, 6) is -0.0204. The number of likely N-dealkylation sites (N-methyl/N-ethyl adjacent to an activating group) is 1. The quantitative estimate of drug-likeness (QED) is 0.900. The minimum atomic E-state index is -0.226. The molecule has 0 aliphatic heterocycles. The van der Waals surface area contributed by atoms with Crippen LogP contribution in [-0.4, -0.2) is 46.5 Å². The van der Waals surface area contributed by atoms with Gasteiger partial charge in [0.15, 0.2) is 0 Å². The number of amides is 2. The molecule has 7 nitrogen and oxygen atoms in total. The van der Waals surface area contributed by atoms with E-state index in [1.54, 1.807) is 31.3 Å². The van der Waals surface area contributed by atoms with E-state index in [4.69, 9.17) is 4.42 Å². The molecule has 0 aliphatic rings. The van der Waals surface area contributed by atoms with Gasteiger partial charge in [0.05, 0.1) is 6.54 Å². The van der Waals surface area contributed by atoms with Crippen LogP contribution in [0, 0.1) is 0 Å². The van der Waals surface area contributed by atoms with E-state index < -0.39 is 0 Å². The predicted octanol–water partition coefficient (Wildman–Crippen LogP) is 1.33. The van der Waals surface area contributed by atoms with Gasteiger partial charge in [0.25, 0.3) is 5.91 Å². The van der Waals surface area contributed by atoms with Crippen molar-refractivity contribution in [3.63, 3.8) is 0 Å². The average molecular weight is 302 g/mol. The normalized spacial score (nSPS) is 10.5. The zero-order chi connectivity index (χ0) is 16.1. The Morgan fingerprint density at radius 1 is 1.27 bits per heavy atom. The highest BCUT2D eigenvalue weighted by molar-refractivity contribution is 5.96. The summed E-state index contributed by atoms with van der Waals surface area (Å²) >= 11 is 0. The molecule has 0 unspecified atom stereocenters. The maximum Gasteiger partial charge on any atom is 0.254 e. The molecule has 2 amide bonds. The van der Waals surface area contributed by atoms with Gasteiger partial charge in [0.2, 0.25) is 18.2 Å². The molecule has 1 aromatic heterocycles. The van der Waals surface area contributed by atoms with E-state index >= 15 is 0 Å². The maximum absolute atomic E-state index is 12.3. The molecule has 1 heterocycles. The lowest BCUT2D eigenvalue weighted by molar-refractivity contribution is -0.122. The van der Waals surface area contributed by atoms with Crippen LogP contribution in [-0.2, 0) is 4.79 Å². The number of nitrogens with zero attached hydrogens (tertiary/aromatic N) is 3. The molecule has 0 saturated heterocycles. The lowest BCUT2D eigenvalue weighted by atomic mass is 10.1. The van der Waals surface area contributed by atoms with Crippen molar-refractivity contribution in [3.05, 3.63) is 36.2 Å². The third kappa shape index (κ3) is 3.91.